The van der Waals surface area contributed by atoms with Crippen LogP contribution in [0.5, 0.6) is 0 Å². The molecule has 9 heteroatoms. The van der Waals surface area contributed by atoms with E-state index < -0.39 is 5.82 Å². The first-order valence-electron chi connectivity index (χ1n) is 12.7. The highest BCUT2D eigenvalue weighted by Gasteiger charge is 2.35. The van der Waals surface area contributed by atoms with Crippen molar-refractivity contribution < 1.29 is 9.18 Å². The van der Waals surface area contributed by atoms with Gasteiger partial charge in [0.1, 0.15) is 11.5 Å². The van der Waals surface area contributed by atoms with Crippen molar-refractivity contribution in [3.63, 3.8) is 0 Å². The van der Waals surface area contributed by atoms with Gasteiger partial charge in [-0.2, -0.15) is 0 Å². The number of aromatic amines is 1. The number of carbonyl (C=O) groups excluding carboxylic acids is 1. The third-order valence-electron chi connectivity index (χ3n) is 7.88. The summed E-state index contributed by atoms with van der Waals surface area (Å²) in [4.78, 5) is 36.7. The van der Waals surface area contributed by atoms with Crippen LogP contribution in [0.2, 0.25) is 0 Å². The van der Waals surface area contributed by atoms with Crippen molar-refractivity contribution in [3.05, 3.63) is 57.0 Å². The lowest BCUT2D eigenvalue weighted by Gasteiger charge is -2.36. The normalized spacial score (nSPS) is 18.0. The number of piperidine rings is 1. The van der Waals surface area contributed by atoms with Gasteiger partial charge in [-0.05, 0) is 83.9 Å². The summed E-state index contributed by atoms with van der Waals surface area (Å²) in [6.07, 6.45) is 7.98. The highest BCUT2D eigenvalue weighted by atomic mass is 32.2. The predicted molar refractivity (Wildman–Crippen MR) is 141 cm³/mol. The van der Waals surface area contributed by atoms with Crippen LogP contribution in [0.15, 0.2) is 28.0 Å². The number of halogens is 1. The second kappa shape index (κ2) is 10.0. The van der Waals surface area contributed by atoms with Crippen LogP contribution in [0.1, 0.15) is 66.0 Å². The second-order valence-electron chi connectivity index (χ2n) is 10.2. The topological polar surface area (TPSA) is 83.0 Å². The molecule has 0 unspecified atom stereocenters. The first-order valence-corrected chi connectivity index (χ1v) is 14.0. The van der Waals surface area contributed by atoms with Crippen molar-refractivity contribution in [2.75, 3.05) is 19.3 Å². The average molecular weight is 512 g/mol. The average Bonchev–Trinajstić information content (AvgIpc) is 3.66. The van der Waals surface area contributed by atoms with Gasteiger partial charge in [-0.3, -0.25) is 9.59 Å². The monoisotopic (exact) mass is 511 g/mol. The maximum atomic E-state index is 14.3. The quantitative estimate of drug-likeness (QED) is 0.454. The van der Waals surface area contributed by atoms with Crippen LogP contribution in [-0.4, -0.2) is 50.7 Å². The summed E-state index contributed by atoms with van der Waals surface area (Å²) in [6.45, 7) is 8.24. The molecule has 0 radical (unpaired) electrons. The van der Waals surface area contributed by atoms with Crippen LogP contribution in [0.25, 0.3) is 11.0 Å². The van der Waals surface area contributed by atoms with Gasteiger partial charge in [-0.1, -0.05) is 0 Å². The summed E-state index contributed by atoms with van der Waals surface area (Å²) in [6, 6.07) is 4.22. The summed E-state index contributed by atoms with van der Waals surface area (Å²) in [5.74, 6) is -0.336. The first kappa shape index (κ1) is 25.0. The molecule has 1 aliphatic heterocycles. The van der Waals surface area contributed by atoms with Crippen LogP contribution in [0, 0.1) is 25.6 Å². The summed E-state index contributed by atoms with van der Waals surface area (Å²) in [5, 5.41) is 3.43. The van der Waals surface area contributed by atoms with Gasteiger partial charge in [-0.15, -0.1) is 11.8 Å². The number of pyridine rings is 2. The smallest absolute Gasteiger partial charge is 0.254 e. The minimum absolute atomic E-state index is 0.0919. The lowest BCUT2D eigenvalue weighted by molar-refractivity contribution is 0.0950. The number of nitrogens with one attached hydrogen (secondary N) is 2. The number of likely N-dealkylation sites (tertiary alicyclic amines) is 1. The fourth-order valence-electron chi connectivity index (χ4n) is 5.78. The van der Waals surface area contributed by atoms with Crippen LogP contribution in [0.4, 0.5) is 4.39 Å². The van der Waals surface area contributed by atoms with Crippen LogP contribution < -0.4 is 10.9 Å². The van der Waals surface area contributed by atoms with Gasteiger partial charge >= 0.3 is 0 Å². The number of hydrogen-bond donors (Lipinski definition) is 2. The van der Waals surface area contributed by atoms with E-state index in [1.54, 1.807) is 0 Å². The number of aromatic nitrogens is 3. The van der Waals surface area contributed by atoms with Crippen molar-refractivity contribution in [1.29, 1.82) is 0 Å². The molecule has 2 aliphatic rings. The highest BCUT2D eigenvalue weighted by molar-refractivity contribution is 7.98. The lowest BCUT2D eigenvalue weighted by atomic mass is 9.90. The van der Waals surface area contributed by atoms with E-state index in [4.69, 9.17) is 0 Å². The summed E-state index contributed by atoms with van der Waals surface area (Å²) >= 11 is 1.47. The molecule has 1 saturated heterocycles. The van der Waals surface area contributed by atoms with Gasteiger partial charge in [0.05, 0.1) is 11.8 Å². The Hall–Kier alpha value is -2.65. The molecule has 0 bridgehead atoms. The third-order valence-corrected chi connectivity index (χ3v) is 8.69. The molecule has 5 rings (SSSR count). The fourth-order valence-corrected chi connectivity index (χ4v) is 6.48. The Balaban J connectivity index is 1.44. The van der Waals surface area contributed by atoms with Crippen molar-refractivity contribution in [1.82, 2.24) is 24.8 Å². The zero-order valence-corrected chi connectivity index (χ0v) is 22.2. The van der Waals surface area contributed by atoms with E-state index in [1.807, 2.05) is 26.2 Å². The number of H-pyrrole nitrogens is 1. The van der Waals surface area contributed by atoms with E-state index >= 15 is 0 Å². The van der Waals surface area contributed by atoms with Gasteiger partial charge in [0.2, 0.25) is 0 Å². The lowest BCUT2D eigenvalue weighted by Crippen LogP contribution is -2.37. The molecule has 1 saturated carbocycles. The van der Waals surface area contributed by atoms with Gasteiger partial charge in [0.25, 0.3) is 11.5 Å². The number of rotatable bonds is 7. The molecule has 4 heterocycles. The van der Waals surface area contributed by atoms with Crippen molar-refractivity contribution in [2.24, 2.45) is 5.92 Å². The number of carbonyl (C=O) groups is 1. The minimum atomic E-state index is -0.473. The molecule has 2 N–H and O–H groups in total. The first-order chi connectivity index (χ1) is 17.3. The van der Waals surface area contributed by atoms with Gasteiger partial charge < -0.3 is 19.8 Å². The van der Waals surface area contributed by atoms with Gasteiger partial charge in [0.15, 0.2) is 0 Å². The van der Waals surface area contributed by atoms with E-state index in [0.29, 0.717) is 28.1 Å². The third kappa shape index (κ3) is 4.70. The molecular weight excluding hydrogens is 477 g/mol. The molecule has 0 spiro atoms. The molecule has 1 aliphatic carbocycles. The molecule has 0 aromatic carbocycles. The number of amides is 1. The molecule has 3 aromatic heterocycles. The summed E-state index contributed by atoms with van der Waals surface area (Å²) < 4.78 is 16.4. The van der Waals surface area contributed by atoms with Gasteiger partial charge in [-0.25, -0.2) is 9.37 Å². The van der Waals surface area contributed by atoms with E-state index in [1.165, 1.54) is 36.9 Å². The maximum Gasteiger partial charge on any atom is 0.254 e. The minimum Gasteiger partial charge on any atom is -0.348 e. The molecule has 192 valence electrons. The number of hydrogen-bond acceptors (Lipinski definition) is 5. The Labute approximate surface area is 214 Å². The molecule has 7 nitrogen and oxygen atoms in total. The second-order valence-corrected chi connectivity index (χ2v) is 11.1. The fraction of sp³-hybridized carbons (Fsp3) is 0.519. The van der Waals surface area contributed by atoms with E-state index in [-0.39, 0.29) is 24.1 Å². The van der Waals surface area contributed by atoms with Crippen molar-refractivity contribution in [2.45, 2.75) is 70.0 Å². The Kier molecular flexibility index (Phi) is 6.96. The number of aryl methyl sites for hydroxylation is 1. The Morgan fingerprint density at radius 3 is 2.64 bits per heavy atom. The predicted octanol–water partition coefficient (Wildman–Crippen LogP) is 4.57. The zero-order chi connectivity index (χ0) is 25.6. The Morgan fingerprint density at radius 1 is 1.25 bits per heavy atom. The zero-order valence-electron chi connectivity index (χ0n) is 21.4. The molecule has 3 aromatic rings. The molecule has 1 atom stereocenters. The highest BCUT2D eigenvalue weighted by Crippen LogP contribution is 2.37. The molecular formula is C27H34FN5O2S. The van der Waals surface area contributed by atoms with E-state index in [0.717, 1.165) is 48.3 Å². The maximum absolute atomic E-state index is 14.3. The largest absolute Gasteiger partial charge is 0.348 e. The number of thioether (sulfide) groups is 1. The van der Waals surface area contributed by atoms with Crippen LogP contribution in [0.3, 0.4) is 0 Å². The standard InChI is InChI=1S/C27H34FN5O2S/c1-15-11-23(36-4)22(26(34)31-15)14-30-27(35)24-17(3)33(25-21(24)12-19(28)13-29-25)16(2)18-7-9-32(10-8-18)20-5-6-20/h11-13,16,18,20H,5-10,14H2,1-4H3,(H,30,35)(H,31,34)/t16-/m1/s1. The summed E-state index contributed by atoms with van der Waals surface area (Å²) in [5.41, 5.74) is 2.92. The van der Waals surface area contributed by atoms with Crippen LogP contribution >= 0.6 is 11.8 Å². The van der Waals surface area contributed by atoms with E-state index in [9.17, 15) is 14.0 Å². The summed E-state index contributed by atoms with van der Waals surface area (Å²) in [7, 11) is 0. The molecule has 2 fully saturated rings. The number of fused-ring (bicyclic) bond motifs is 1. The molecule has 36 heavy (non-hydrogen) atoms. The Bertz CT molecular complexity index is 1350. The SMILES string of the molecule is CSc1cc(C)[nH]c(=O)c1CNC(=O)c1c(C)n([C@H](C)C2CCN(C3CC3)CC2)c2ncc(F)cc12. The van der Waals surface area contributed by atoms with Crippen molar-refractivity contribution >= 4 is 28.7 Å². The van der Waals surface area contributed by atoms with E-state index in [2.05, 4.69) is 31.7 Å². The molecule has 1 amide bonds. The van der Waals surface area contributed by atoms with Gasteiger partial charge in [0, 0.05) is 45.9 Å². The van der Waals surface area contributed by atoms with Crippen LogP contribution in [-0.2, 0) is 6.54 Å². The van der Waals surface area contributed by atoms with Crippen molar-refractivity contribution in [3.8, 4) is 0 Å². The number of nitrogens with zero attached hydrogens (tertiary/aromatic N) is 3. The Morgan fingerprint density at radius 2 is 1.97 bits per heavy atom.